The van der Waals surface area contributed by atoms with Gasteiger partial charge in [-0.15, -0.1) is 0 Å². The molecular weight excluding hydrogens is 362 g/mol. The SMILES string of the molecule is CC1(NC(=O)N2C3CC4CC2CC(C3)O4)CCN(c2ccccc2Cl)CC1. The predicted molar refractivity (Wildman–Crippen MR) is 106 cm³/mol. The van der Waals surface area contributed by atoms with Crippen molar-refractivity contribution in [2.24, 2.45) is 0 Å². The fourth-order valence-electron chi connectivity index (χ4n) is 5.57. The standard InChI is InChI=1S/C21H28ClN3O2/c1-21(6-8-24(9-7-21)19-5-3-2-4-18(19)22)23-20(26)25-14-10-16-12-15(25)13-17(11-14)27-16/h2-5,14-17H,6-13H2,1H3,(H,23,26). The Labute approximate surface area is 166 Å². The Bertz CT molecular complexity index is 704. The van der Waals surface area contributed by atoms with E-state index in [1.807, 2.05) is 18.2 Å². The molecular formula is C21H28ClN3O2. The fraction of sp³-hybridized carbons (Fsp3) is 0.667. The predicted octanol–water partition coefficient (Wildman–Crippen LogP) is 3.80. The molecule has 6 rings (SSSR count). The Morgan fingerprint density at radius 2 is 1.70 bits per heavy atom. The second-order valence-corrected chi connectivity index (χ2v) is 9.37. The summed E-state index contributed by atoms with van der Waals surface area (Å²) in [4.78, 5) is 17.6. The zero-order chi connectivity index (χ0) is 18.6. The van der Waals surface area contributed by atoms with Gasteiger partial charge in [-0.05, 0) is 57.6 Å². The van der Waals surface area contributed by atoms with Crippen LogP contribution in [0, 0.1) is 0 Å². The summed E-state index contributed by atoms with van der Waals surface area (Å²) in [6, 6.07) is 8.88. The monoisotopic (exact) mass is 389 g/mol. The van der Waals surface area contributed by atoms with Gasteiger partial charge in [0.05, 0.1) is 22.9 Å². The van der Waals surface area contributed by atoms with Gasteiger partial charge in [-0.25, -0.2) is 4.79 Å². The maximum absolute atomic E-state index is 13.2. The van der Waals surface area contributed by atoms with Crippen molar-refractivity contribution < 1.29 is 9.53 Å². The second kappa shape index (κ2) is 6.56. The van der Waals surface area contributed by atoms with E-state index in [0.717, 1.165) is 62.3 Å². The molecule has 5 saturated heterocycles. The number of amides is 2. The van der Waals surface area contributed by atoms with Gasteiger partial charge >= 0.3 is 6.03 Å². The minimum absolute atomic E-state index is 0.137. The highest BCUT2D eigenvalue weighted by molar-refractivity contribution is 6.33. The van der Waals surface area contributed by atoms with Crippen molar-refractivity contribution in [1.29, 1.82) is 0 Å². The molecule has 2 amide bonds. The lowest BCUT2D eigenvalue weighted by Crippen LogP contribution is -2.67. The van der Waals surface area contributed by atoms with Gasteiger partial charge in [-0.2, -0.15) is 0 Å². The van der Waals surface area contributed by atoms with Crippen LogP contribution in [-0.2, 0) is 4.74 Å². The molecule has 4 bridgehead atoms. The van der Waals surface area contributed by atoms with Crippen LogP contribution in [0.3, 0.4) is 0 Å². The van der Waals surface area contributed by atoms with Crippen LogP contribution in [0.4, 0.5) is 10.5 Å². The number of halogens is 1. The number of urea groups is 1. The first-order chi connectivity index (χ1) is 13.0. The van der Waals surface area contributed by atoms with Gasteiger partial charge < -0.3 is 19.9 Å². The number of para-hydroxylation sites is 1. The van der Waals surface area contributed by atoms with Gasteiger partial charge in [-0.3, -0.25) is 0 Å². The third-order valence-corrected chi connectivity index (χ3v) is 7.33. The van der Waals surface area contributed by atoms with E-state index in [4.69, 9.17) is 16.3 Å². The lowest BCUT2D eigenvalue weighted by atomic mass is 9.78. The molecule has 1 aromatic rings. The molecule has 5 heterocycles. The summed E-state index contributed by atoms with van der Waals surface area (Å²) in [6.07, 6.45) is 6.67. The summed E-state index contributed by atoms with van der Waals surface area (Å²) in [7, 11) is 0. The average Bonchev–Trinajstić information content (AvgIpc) is 2.62. The first-order valence-electron chi connectivity index (χ1n) is 10.3. The second-order valence-electron chi connectivity index (χ2n) is 8.97. The minimum Gasteiger partial charge on any atom is -0.375 e. The molecule has 6 heteroatoms. The van der Waals surface area contributed by atoms with Crippen molar-refractivity contribution in [2.75, 3.05) is 18.0 Å². The van der Waals surface area contributed by atoms with Gasteiger partial charge in [0.25, 0.3) is 0 Å². The van der Waals surface area contributed by atoms with E-state index in [1.54, 1.807) is 0 Å². The number of anilines is 1. The van der Waals surface area contributed by atoms with E-state index in [9.17, 15) is 4.79 Å². The number of carbonyl (C=O) groups is 1. The van der Waals surface area contributed by atoms with Crippen LogP contribution >= 0.6 is 11.6 Å². The van der Waals surface area contributed by atoms with Crippen LogP contribution in [-0.4, -0.2) is 53.9 Å². The Kier molecular flexibility index (Phi) is 4.28. The maximum atomic E-state index is 13.2. The largest absolute Gasteiger partial charge is 0.375 e. The summed E-state index contributed by atoms with van der Waals surface area (Å²) in [6.45, 7) is 4.01. The van der Waals surface area contributed by atoms with Crippen LogP contribution in [0.5, 0.6) is 0 Å². The number of rotatable bonds is 2. The summed E-state index contributed by atoms with van der Waals surface area (Å²) in [5, 5.41) is 4.19. The van der Waals surface area contributed by atoms with Gasteiger partial charge in [-0.1, -0.05) is 23.7 Å². The number of ether oxygens (including phenoxy) is 1. The highest BCUT2D eigenvalue weighted by Crippen LogP contribution is 2.42. The van der Waals surface area contributed by atoms with Crippen LogP contribution in [0.1, 0.15) is 45.4 Å². The topological polar surface area (TPSA) is 44.8 Å². The summed E-state index contributed by atoms with van der Waals surface area (Å²) >= 11 is 6.36. The molecule has 27 heavy (non-hydrogen) atoms. The van der Waals surface area contributed by atoms with Gasteiger partial charge in [0.2, 0.25) is 0 Å². The molecule has 0 unspecified atom stereocenters. The molecule has 5 nitrogen and oxygen atoms in total. The summed E-state index contributed by atoms with van der Waals surface area (Å²) in [5.74, 6) is 0. The molecule has 5 aliphatic rings. The first-order valence-corrected chi connectivity index (χ1v) is 10.6. The van der Waals surface area contributed by atoms with E-state index in [2.05, 4.69) is 28.1 Å². The van der Waals surface area contributed by atoms with E-state index >= 15 is 0 Å². The van der Waals surface area contributed by atoms with Crippen LogP contribution < -0.4 is 10.2 Å². The first kappa shape index (κ1) is 17.6. The lowest BCUT2D eigenvalue weighted by molar-refractivity contribution is -0.168. The Hall–Kier alpha value is -1.46. The lowest BCUT2D eigenvalue weighted by Gasteiger charge is -2.56. The van der Waals surface area contributed by atoms with Gasteiger partial charge in [0, 0.05) is 30.7 Å². The van der Waals surface area contributed by atoms with Crippen LogP contribution in [0.2, 0.25) is 5.02 Å². The number of nitrogens with zero attached hydrogens (tertiary/aromatic N) is 2. The average molecular weight is 390 g/mol. The van der Waals surface area contributed by atoms with Crippen molar-refractivity contribution in [1.82, 2.24) is 10.2 Å². The van der Waals surface area contributed by atoms with Gasteiger partial charge in [0.1, 0.15) is 0 Å². The van der Waals surface area contributed by atoms with Crippen LogP contribution in [0.15, 0.2) is 24.3 Å². The van der Waals surface area contributed by atoms with Crippen molar-refractivity contribution in [3.8, 4) is 0 Å². The van der Waals surface area contributed by atoms with E-state index in [-0.39, 0.29) is 11.6 Å². The number of benzene rings is 1. The zero-order valence-corrected chi connectivity index (χ0v) is 16.6. The molecule has 0 radical (unpaired) electrons. The Morgan fingerprint density at radius 1 is 1.11 bits per heavy atom. The highest BCUT2D eigenvalue weighted by Gasteiger charge is 2.50. The molecule has 5 aliphatic heterocycles. The molecule has 0 aromatic heterocycles. The fourth-order valence-corrected chi connectivity index (χ4v) is 5.83. The number of hydrogen-bond donors (Lipinski definition) is 1. The number of carbonyl (C=O) groups excluding carboxylic acids is 1. The van der Waals surface area contributed by atoms with Crippen molar-refractivity contribution >= 4 is 23.3 Å². The van der Waals surface area contributed by atoms with E-state index in [0.29, 0.717) is 24.3 Å². The molecule has 0 spiro atoms. The molecule has 1 N–H and O–H groups in total. The van der Waals surface area contributed by atoms with Gasteiger partial charge in [0.15, 0.2) is 0 Å². The van der Waals surface area contributed by atoms with E-state index in [1.165, 1.54) is 0 Å². The highest BCUT2D eigenvalue weighted by atomic mass is 35.5. The molecule has 0 atom stereocenters. The molecule has 0 saturated carbocycles. The maximum Gasteiger partial charge on any atom is 0.318 e. The molecule has 146 valence electrons. The zero-order valence-electron chi connectivity index (χ0n) is 15.9. The number of nitrogens with one attached hydrogen (secondary N) is 1. The third-order valence-electron chi connectivity index (χ3n) is 7.01. The van der Waals surface area contributed by atoms with E-state index < -0.39 is 0 Å². The molecule has 0 aliphatic carbocycles. The summed E-state index contributed by atoms with van der Waals surface area (Å²) in [5.41, 5.74) is 0.942. The minimum atomic E-state index is -0.153. The molecule has 5 fully saturated rings. The number of piperidine rings is 3. The van der Waals surface area contributed by atoms with Crippen molar-refractivity contribution in [2.45, 2.75) is 75.3 Å². The van der Waals surface area contributed by atoms with Crippen LogP contribution in [0.25, 0.3) is 0 Å². The number of hydrogen-bond acceptors (Lipinski definition) is 3. The Balaban J connectivity index is 1.23. The smallest absolute Gasteiger partial charge is 0.318 e. The quantitative estimate of drug-likeness (QED) is 0.836. The molecule has 1 aromatic carbocycles. The Morgan fingerprint density at radius 3 is 2.30 bits per heavy atom. The van der Waals surface area contributed by atoms with Crippen molar-refractivity contribution in [3.63, 3.8) is 0 Å². The third kappa shape index (κ3) is 3.19. The van der Waals surface area contributed by atoms with Crippen molar-refractivity contribution in [3.05, 3.63) is 29.3 Å². The summed E-state index contributed by atoms with van der Waals surface area (Å²) < 4.78 is 6.01. The normalized spacial score (nSPS) is 34.0.